The van der Waals surface area contributed by atoms with Crippen molar-refractivity contribution in [1.82, 2.24) is 5.32 Å². The molecule has 0 spiro atoms. The van der Waals surface area contributed by atoms with Crippen LogP contribution >= 0.6 is 0 Å². The zero-order valence-electron chi connectivity index (χ0n) is 14.1. The standard InChI is InChI=1S/C19H22N2O3/c1-4-24-19(23)21-18(17(22)15-8-6-5-7-9-15)20-16-11-10-13(2)12-14(16)3/h5-12,18,20H,4H2,1-3H3,(H,21,23)/t18-/m1/s1. The largest absolute Gasteiger partial charge is 0.450 e. The molecule has 0 heterocycles. The molecule has 0 aliphatic heterocycles. The fraction of sp³-hybridized carbons (Fsp3) is 0.263. The number of benzene rings is 2. The number of Topliss-reactive ketones (excluding diaryl/α,β-unsaturated/α-hetero) is 1. The Morgan fingerprint density at radius 2 is 1.79 bits per heavy atom. The number of carbonyl (C=O) groups is 2. The lowest BCUT2D eigenvalue weighted by molar-refractivity contribution is 0.0938. The van der Waals surface area contributed by atoms with Gasteiger partial charge in [0.15, 0.2) is 6.17 Å². The number of ether oxygens (including phenoxy) is 1. The second-order valence-electron chi connectivity index (χ2n) is 5.49. The number of alkyl carbamates (subject to hydrolysis) is 1. The Labute approximate surface area is 142 Å². The minimum Gasteiger partial charge on any atom is -0.450 e. The summed E-state index contributed by atoms with van der Waals surface area (Å²) in [5.74, 6) is -0.233. The summed E-state index contributed by atoms with van der Waals surface area (Å²) in [5, 5.41) is 5.69. The molecule has 126 valence electrons. The van der Waals surface area contributed by atoms with Crippen LogP contribution in [0.2, 0.25) is 0 Å². The van der Waals surface area contributed by atoms with Crippen molar-refractivity contribution in [2.75, 3.05) is 11.9 Å². The molecular weight excluding hydrogens is 304 g/mol. The van der Waals surface area contributed by atoms with Crippen LogP contribution in [-0.4, -0.2) is 24.6 Å². The van der Waals surface area contributed by atoms with Crippen molar-refractivity contribution in [2.24, 2.45) is 0 Å². The second kappa shape index (κ2) is 8.15. The van der Waals surface area contributed by atoms with E-state index in [0.717, 1.165) is 16.8 Å². The minimum atomic E-state index is -0.909. The molecule has 0 radical (unpaired) electrons. The van der Waals surface area contributed by atoms with E-state index >= 15 is 0 Å². The van der Waals surface area contributed by atoms with Crippen LogP contribution in [0.5, 0.6) is 0 Å². The Bertz CT molecular complexity index is 714. The predicted octanol–water partition coefficient (Wildman–Crippen LogP) is 3.67. The molecule has 5 nitrogen and oxygen atoms in total. The van der Waals surface area contributed by atoms with Crippen molar-refractivity contribution in [1.29, 1.82) is 0 Å². The number of aryl methyl sites for hydroxylation is 2. The van der Waals surface area contributed by atoms with Crippen LogP contribution in [0.3, 0.4) is 0 Å². The fourth-order valence-corrected chi connectivity index (χ4v) is 2.36. The lowest BCUT2D eigenvalue weighted by atomic mass is 10.1. The van der Waals surface area contributed by atoms with E-state index in [0.29, 0.717) is 5.56 Å². The SMILES string of the molecule is CCOC(=O)N[C@@H](Nc1ccc(C)cc1C)C(=O)c1ccccc1. The van der Waals surface area contributed by atoms with Crippen molar-refractivity contribution in [3.05, 3.63) is 65.2 Å². The first-order chi connectivity index (χ1) is 11.5. The summed E-state index contributed by atoms with van der Waals surface area (Å²) in [6.45, 7) is 5.90. The lowest BCUT2D eigenvalue weighted by Gasteiger charge is -2.21. The van der Waals surface area contributed by atoms with E-state index in [4.69, 9.17) is 4.74 Å². The lowest BCUT2D eigenvalue weighted by Crippen LogP contribution is -2.46. The molecule has 2 N–H and O–H groups in total. The predicted molar refractivity (Wildman–Crippen MR) is 94.3 cm³/mol. The Morgan fingerprint density at radius 1 is 1.08 bits per heavy atom. The van der Waals surface area contributed by atoms with E-state index in [1.807, 2.05) is 38.1 Å². The molecular formula is C19H22N2O3. The third-order valence-corrected chi connectivity index (χ3v) is 3.54. The average molecular weight is 326 g/mol. The van der Waals surface area contributed by atoms with Gasteiger partial charge in [0.2, 0.25) is 5.78 Å². The van der Waals surface area contributed by atoms with Gasteiger partial charge in [-0.1, -0.05) is 48.0 Å². The molecule has 24 heavy (non-hydrogen) atoms. The molecule has 2 rings (SSSR count). The zero-order chi connectivity index (χ0) is 17.5. The molecule has 2 aromatic rings. The maximum absolute atomic E-state index is 12.7. The highest BCUT2D eigenvalue weighted by molar-refractivity contribution is 6.02. The monoisotopic (exact) mass is 326 g/mol. The Morgan fingerprint density at radius 3 is 2.42 bits per heavy atom. The molecule has 0 aromatic heterocycles. The first kappa shape index (κ1) is 17.5. The first-order valence-corrected chi connectivity index (χ1v) is 7.87. The van der Waals surface area contributed by atoms with Gasteiger partial charge in [-0.2, -0.15) is 0 Å². The van der Waals surface area contributed by atoms with Gasteiger partial charge in [-0.3, -0.25) is 10.1 Å². The Kier molecular flexibility index (Phi) is 5.95. The summed E-state index contributed by atoms with van der Waals surface area (Å²) in [5.41, 5.74) is 3.41. The highest BCUT2D eigenvalue weighted by Gasteiger charge is 2.23. The molecule has 0 unspecified atom stereocenters. The van der Waals surface area contributed by atoms with Crippen molar-refractivity contribution in [3.63, 3.8) is 0 Å². The number of anilines is 1. The van der Waals surface area contributed by atoms with Crippen molar-refractivity contribution >= 4 is 17.6 Å². The molecule has 0 saturated heterocycles. The number of ketones is 1. The number of carbonyl (C=O) groups excluding carboxylic acids is 2. The van der Waals surface area contributed by atoms with Gasteiger partial charge >= 0.3 is 6.09 Å². The van der Waals surface area contributed by atoms with Gasteiger partial charge in [-0.25, -0.2) is 4.79 Å². The summed E-state index contributed by atoms with van der Waals surface area (Å²) in [6.07, 6.45) is -1.54. The highest BCUT2D eigenvalue weighted by Crippen LogP contribution is 2.18. The number of nitrogens with one attached hydrogen (secondary N) is 2. The number of amides is 1. The normalized spacial score (nSPS) is 11.5. The van der Waals surface area contributed by atoms with Crippen LogP contribution in [0.4, 0.5) is 10.5 Å². The van der Waals surface area contributed by atoms with Crippen LogP contribution < -0.4 is 10.6 Å². The number of hydrogen-bond donors (Lipinski definition) is 2. The van der Waals surface area contributed by atoms with Gasteiger partial charge in [0.05, 0.1) is 6.61 Å². The van der Waals surface area contributed by atoms with Crippen LogP contribution in [0, 0.1) is 13.8 Å². The summed E-state index contributed by atoms with van der Waals surface area (Å²) in [4.78, 5) is 24.5. The van der Waals surface area contributed by atoms with E-state index < -0.39 is 12.3 Å². The van der Waals surface area contributed by atoms with Crippen LogP contribution in [0.15, 0.2) is 48.5 Å². The van der Waals surface area contributed by atoms with Gasteiger partial charge in [0, 0.05) is 11.3 Å². The third-order valence-electron chi connectivity index (χ3n) is 3.54. The van der Waals surface area contributed by atoms with Gasteiger partial charge in [-0.15, -0.1) is 0 Å². The van der Waals surface area contributed by atoms with Crippen LogP contribution in [0.1, 0.15) is 28.4 Å². The summed E-state index contributed by atoms with van der Waals surface area (Å²) >= 11 is 0. The summed E-state index contributed by atoms with van der Waals surface area (Å²) < 4.78 is 4.90. The first-order valence-electron chi connectivity index (χ1n) is 7.87. The summed E-state index contributed by atoms with van der Waals surface area (Å²) in [6, 6.07) is 14.7. The maximum Gasteiger partial charge on any atom is 0.409 e. The van der Waals surface area contributed by atoms with Crippen molar-refractivity contribution in [3.8, 4) is 0 Å². The fourth-order valence-electron chi connectivity index (χ4n) is 2.36. The second-order valence-corrected chi connectivity index (χ2v) is 5.49. The van der Waals surface area contributed by atoms with E-state index in [2.05, 4.69) is 10.6 Å². The summed E-state index contributed by atoms with van der Waals surface area (Å²) in [7, 11) is 0. The molecule has 0 fully saturated rings. The molecule has 0 aliphatic carbocycles. The zero-order valence-corrected chi connectivity index (χ0v) is 14.1. The maximum atomic E-state index is 12.7. The quantitative estimate of drug-likeness (QED) is 0.628. The minimum absolute atomic E-state index is 0.233. The van der Waals surface area contributed by atoms with Gasteiger partial charge in [-0.05, 0) is 32.4 Å². The molecule has 5 heteroatoms. The Hall–Kier alpha value is -2.82. The topological polar surface area (TPSA) is 67.4 Å². The van der Waals surface area contributed by atoms with Crippen LogP contribution in [-0.2, 0) is 4.74 Å². The average Bonchev–Trinajstić information content (AvgIpc) is 2.57. The molecule has 1 amide bonds. The number of rotatable bonds is 6. The molecule has 0 bridgehead atoms. The van der Waals surface area contributed by atoms with Gasteiger partial charge in [0.25, 0.3) is 0 Å². The molecule has 1 atom stereocenters. The van der Waals surface area contributed by atoms with E-state index in [-0.39, 0.29) is 12.4 Å². The molecule has 0 aliphatic rings. The molecule has 0 saturated carbocycles. The number of hydrogen-bond acceptors (Lipinski definition) is 4. The van der Waals surface area contributed by atoms with Crippen molar-refractivity contribution in [2.45, 2.75) is 26.9 Å². The third kappa shape index (κ3) is 4.59. The van der Waals surface area contributed by atoms with Gasteiger partial charge in [0.1, 0.15) is 0 Å². The Balaban J connectivity index is 2.25. The van der Waals surface area contributed by atoms with E-state index in [1.54, 1.807) is 31.2 Å². The van der Waals surface area contributed by atoms with Crippen molar-refractivity contribution < 1.29 is 14.3 Å². The molecule has 2 aromatic carbocycles. The van der Waals surface area contributed by atoms with Gasteiger partial charge < -0.3 is 10.1 Å². The van der Waals surface area contributed by atoms with E-state index in [1.165, 1.54) is 0 Å². The smallest absolute Gasteiger partial charge is 0.409 e. The highest BCUT2D eigenvalue weighted by atomic mass is 16.5. The van der Waals surface area contributed by atoms with E-state index in [9.17, 15) is 9.59 Å². The van der Waals surface area contributed by atoms with Crippen LogP contribution in [0.25, 0.3) is 0 Å².